The molecule has 1 amide bonds. The summed E-state index contributed by atoms with van der Waals surface area (Å²) in [5, 5.41) is 2.43. The summed E-state index contributed by atoms with van der Waals surface area (Å²) < 4.78 is 14.6. The third kappa shape index (κ3) is 9.26. The van der Waals surface area contributed by atoms with Crippen LogP contribution in [0.5, 0.6) is 0 Å². The molecule has 118 valence electrons. The summed E-state index contributed by atoms with van der Waals surface area (Å²) in [6.45, 7) is 11.4. The first-order valence-corrected chi connectivity index (χ1v) is 6.36. The predicted molar refractivity (Wildman–Crippen MR) is 75.5 cm³/mol. The van der Waals surface area contributed by atoms with Crippen molar-refractivity contribution < 1.29 is 28.6 Å². The van der Waals surface area contributed by atoms with Gasteiger partial charge in [-0.05, 0) is 20.8 Å². The lowest BCUT2D eigenvalue weighted by atomic mass is 10.3. The second kappa shape index (κ2) is 9.57. The summed E-state index contributed by atoms with van der Waals surface area (Å²) in [7, 11) is 0. The van der Waals surface area contributed by atoms with Gasteiger partial charge in [0.15, 0.2) is 0 Å². The highest BCUT2D eigenvalue weighted by Gasteiger charge is 2.14. The van der Waals surface area contributed by atoms with Crippen molar-refractivity contribution in [3.05, 3.63) is 24.8 Å². The minimum absolute atomic E-state index is 0.0710. The molecule has 0 bridgehead atoms. The summed E-state index contributed by atoms with van der Waals surface area (Å²) in [5.41, 5.74) is 0.280. The molecule has 7 heteroatoms. The van der Waals surface area contributed by atoms with Crippen LogP contribution in [-0.4, -0.2) is 43.4 Å². The highest BCUT2D eigenvalue weighted by Crippen LogP contribution is 1.98. The van der Waals surface area contributed by atoms with Crippen LogP contribution in [0.4, 0.5) is 4.79 Å². The second-order valence-corrected chi connectivity index (χ2v) is 4.43. The molecule has 0 heterocycles. The average molecular weight is 299 g/mol. The molecule has 1 N–H and O–H groups in total. The van der Waals surface area contributed by atoms with Crippen LogP contribution in [0.3, 0.4) is 0 Å². The van der Waals surface area contributed by atoms with Gasteiger partial charge < -0.3 is 19.5 Å². The molecule has 7 nitrogen and oxygen atoms in total. The maximum Gasteiger partial charge on any atom is 0.407 e. The molecule has 0 aliphatic rings. The van der Waals surface area contributed by atoms with Crippen molar-refractivity contribution in [2.24, 2.45) is 0 Å². The first-order chi connectivity index (χ1) is 9.76. The molecule has 0 aromatic heterocycles. The van der Waals surface area contributed by atoms with Gasteiger partial charge in [-0.25, -0.2) is 14.4 Å². The minimum atomic E-state index is -0.699. The van der Waals surface area contributed by atoms with Gasteiger partial charge in [-0.3, -0.25) is 0 Å². The molecule has 0 saturated heterocycles. The number of carbonyl (C=O) groups is 3. The quantitative estimate of drug-likeness (QED) is 0.413. The van der Waals surface area contributed by atoms with Gasteiger partial charge in [0.2, 0.25) is 0 Å². The molecular weight excluding hydrogens is 278 g/mol. The maximum absolute atomic E-state index is 11.4. The number of ether oxygens (including phenoxy) is 3. The third-order valence-electron chi connectivity index (χ3n) is 2.13. The van der Waals surface area contributed by atoms with E-state index in [9.17, 15) is 14.4 Å². The Morgan fingerprint density at radius 3 is 2.33 bits per heavy atom. The van der Waals surface area contributed by atoms with Crippen molar-refractivity contribution in [1.82, 2.24) is 5.32 Å². The van der Waals surface area contributed by atoms with Gasteiger partial charge in [0.05, 0.1) is 6.54 Å². The normalized spacial score (nSPS) is 12.5. The van der Waals surface area contributed by atoms with Gasteiger partial charge in [0, 0.05) is 11.6 Å². The number of carbonyl (C=O) groups excluding carboxylic acids is 3. The number of hydrogen-bond acceptors (Lipinski definition) is 6. The van der Waals surface area contributed by atoms with E-state index in [1.807, 2.05) is 0 Å². The molecule has 0 spiro atoms. The van der Waals surface area contributed by atoms with E-state index in [1.54, 1.807) is 13.8 Å². The van der Waals surface area contributed by atoms with Gasteiger partial charge in [-0.1, -0.05) is 13.2 Å². The van der Waals surface area contributed by atoms with Crippen molar-refractivity contribution in [2.75, 3.05) is 13.2 Å². The molecule has 0 aromatic carbocycles. The van der Waals surface area contributed by atoms with E-state index in [4.69, 9.17) is 14.2 Å². The fourth-order valence-corrected chi connectivity index (χ4v) is 1.07. The van der Waals surface area contributed by atoms with Crippen molar-refractivity contribution in [3.8, 4) is 0 Å². The van der Waals surface area contributed by atoms with E-state index in [-0.39, 0.29) is 18.7 Å². The Morgan fingerprint density at radius 2 is 1.81 bits per heavy atom. The molecule has 2 unspecified atom stereocenters. The van der Waals surface area contributed by atoms with Crippen LogP contribution in [0.1, 0.15) is 20.8 Å². The van der Waals surface area contributed by atoms with Gasteiger partial charge in [-0.15, -0.1) is 0 Å². The molecule has 0 aromatic rings. The first kappa shape index (κ1) is 18.7. The lowest BCUT2D eigenvalue weighted by Gasteiger charge is -2.16. The largest absolute Gasteiger partial charge is 0.459 e. The number of esters is 2. The number of alkyl carbamates (subject to hydrolysis) is 1. The molecule has 0 saturated carbocycles. The number of amides is 1. The SMILES string of the molecule is C=CC(=O)OCC(C)OC(=O)NCC(C)OC(=O)C(=C)C. The van der Waals surface area contributed by atoms with Gasteiger partial charge in [0.25, 0.3) is 0 Å². The Bertz CT molecular complexity index is 418. The zero-order valence-corrected chi connectivity index (χ0v) is 12.5. The predicted octanol–water partition coefficient (Wildman–Crippen LogP) is 1.34. The lowest BCUT2D eigenvalue weighted by Crippen LogP contribution is -2.36. The standard InChI is InChI=1S/C14H21NO6/c1-6-12(16)19-8-11(5)21-14(18)15-7-10(4)20-13(17)9(2)3/h6,10-11H,1-2,7-8H2,3-5H3,(H,15,18). The Morgan fingerprint density at radius 1 is 1.19 bits per heavy atom. The molecule has 0 aliphatic heterocycles. The number of rotatable bonds is 8. The highest BCUT2D eigenvalue weighted by molar-refractivity contribution is 5.87. The first-order valence-electron chi connectivity index (χ1n) is 6.36. The maximum atomic E-state index is 11.4. The molecule has 0 fully saturated rings. The monoisotopic (exact) mass is 299 g/mol. The topological polar surface area (TPSA) is 90.9 Å². The van der Waals surface area contributed by atoms with E-state index >= 15 is 0 Å². The van der Waals surface area contributed by atoms with E-state index < -0.39 is 30.2 Å². The average Bonchev–Trinajstić information content (AvgIpc) is 2.42. The molecule has 0 rings (SSSR count). The number of nitrogens with one attached hydrogen (secondary N) is 1. The Balaban J connectivity index is 3.93. The fraction of sp³-hybridized carbons (Fsp3) is 0.500. The lowest BCUT2D eigenvalue weighted by molar-refractivity contribution is -0.143. The molecular formula is C14H21NO6. The molecule has 2 atom stereocenters. The van der Waals surface area contributed by atoms with E-state index in [0.717, 1.165) is 6.08 Å². The van der Waals surface area contributed by atoms with Crippen LogP contribution in [0.25, 0.3) is 0 Å². The summed E-state index contributed by atoms with van der Waals surface area (Å²) >= 11 is 0. The van der Waals surface area contributed by atoms with Crippen LogP contribution in [-0.2, 0) is 23.8 Å². The van der Waals surface area contributed by atoms with Gasteiger partial charge in [0.1, 0.15) is 18.8 Å². The van der Waals surface area contributed by atoms with E-state index in [1.165, 1.54) is 6.92 Å². The number of hydrogen-bond donors (Lipinski definition) is 1. The Kier molecular flexibility index (Phi) is 8.52. The van der Waals surface area contributed by atoms with E-state index in [0.29, 0.717) is 0 Å². The van der Waals surface area contributed by atoms with Crippen molar-refractivity contribution in [3.63, 3.8) is 0 Å². The molecule has 21 heavy (non-hydrogen) atoms. The molecule has 0 radical (unpaired) electrons. The third-order valence-corrected chi connectivity index (χ3v) is 2.13. The van der Waals surface area contributed by atoms with E-state index in [2.05, 4.69) is 18.5 Å². The van der Waals surface area contributed by atoms with Crippen LogP contribution >= 0.6 is 0 Å². The van der Waals surface area contributed by atoms with Crippen molar-refractivity contribution in [1.29, 1.82) is 0 Å². The second-order valence-electron chi connectivity index (χ2n) is 4.43. The van der Waals surface area contributed by atoms with Crippen LogP contribution < -0.4 is 5.32 Å². The van der Waals surface area contributed by atoms with Crippen LogP contribution in [0.15, 0.2) is 24.8 Å². The molecule has 0 aliphatic carbocycles. The highest BCUT2D eigenvalue weighted by atomic mass is 16.6. The Hall–Kier alpha value is -2.31. The van der Waals surface area contributed by atoms with Crippen LogP contribution in [0.2, 0.25) is 0 Å². The van der Waals surface area contributed by atoms with Crippen LogP contribution in [0, 0.1) is 0 Å². The summed E-state index contributed by atoms with van der Waals surface area (Å²) in [6, 6.07) is 0. The minimum Gasteiger partial charge on any atom is -0.459 e. The fourth-order valence-electron chi connectivity index (χ4n) is 1.07. The van der Waals surface area contributed by atoms with Gasteiger partial charge in [-0.2, -0.15) is 0 Å². The summed E-state index contributed by atoms with van der Waals surface area (Å²) in [6.07, 6.45) is -0.807. The van der Waals surface area contributed by atoms with Gasteiger partial charge >= 0.3 is 18.0 Å². The zero-order valence-electron chi connectivity index (χ0n) is 12.5. The summed E-state index contributed by atoms with van der Waals surface area (Å²) in [5.74, 6) is -1.12. The summed E-state index contributed by atoms with van der Waals surface area (Å²) in [4.78, 5) is 33.5. The smallest absolute Gasteiger partial charge is 0.407 e. The zero-order chi connectivity index (χ0) is 16.4. The van der Waals surface area contributed by atoms with Crippen molar-refractivity contribution >= 4 is 18.0 Å². The Labute approximate surface area is 123 Å². The van der Waals surface area contributed by atoms with Crippen molar-refractivity contribution in [2.45, 2.75) is 33.0 Å².